The van der Waals surface area contributed by atoms with Gasteiger partial charge in [-0.25, -0.2) is 9.97 Å². The highest BCUT2D eigenvalue weighted by Crippen LogP contribution is 2.41. The van der Waals surface area contributed by atoms with Crippen LogP contribution in [0.3, 0.4) is 0 Å². The minimum atomic E-state index is -2.74. The van der Waals surface area contributed by atoms with Crippen molar-refractivity contribution < 1.29 is 0 Å². The Morgan fingerprint density at radius 3 is 1.41 bits per heavy atom. The first-order chi connectivity index (χ1) is 34.7. The van der Waals surface area contributed by atoms with Crippen LogP contribution in [0.25, 0.3) is 97.9 Å². The third kappa shape index (κ3) is 6.20. The van der Waals surface area contributed by atoms with Crippen LogP contribution in [0, 0.1) is 0 Å². The highest BCUT2D eigenvalue weighted by Gasteiger charge is 2.41. The van der Waals surface area contributed by atoms with Crippen molar-refractivity contribution in [1.82, 2.24) is 19.1 Å². The molecule has 4 aromatic heterocycles. The molecule has 6 heteroatoms. The molecule has 0 saturated carbocycles. The molecule has 0 aliphatic rings. The minimum absolute atomic E-state index is 0.630. The molecule has 0 N–H and O–H groups in total. The number of hydrogen-bond donors (Lipinski definition) is 0. The fraction of sp³-hybridized carbons (Fsp3) is 0. The van der Waals surface area contributed by atoms with E-state index in [1.807, 2.05) is 11.3 Å². The number of benzene rings is 10. The monoisotopic (exact) mass is 926 g/mol. The summed E-state index contributed by atoms with van der Waals surface area (Å²) in [6.07, 6.45) is 0. The molecule has 0 aliphatic carbocycles. The average Bonchev–Trinajstić information content (AvgIpc) is 4.10. The van der Waals surface area contributed by atoms with Gasteiger partial charge in [-0.1, -0.05) is 200 Å². The van der Waals surface area contributed by atoms with Gasteiger partial charge >= 0.3 is 0 Å². The summed E-state index contributed by atoms with van der Waals surface area (Å²) < 4.78 is 7.17. The molecule has 0 saturated heterocycles. The minimum Gasteiger partial charge on any atom is -0.309 e. The number of fused-ring (bicyclic) bond motifs is 9. The van der Waals surface area contributed by atoms with Crippen molar-refractivity contribution in [3.05, 3.63) is 255 Å². The van der Waals surface area contributed by atoms with Crippen LogP contribution in [-0.4, -0.2) is 27.2 Å². The third-order valence-corrected chi connectivity index (χ3v) is 20.3. The summed E-state index contributed by atoms with van der Waals surface area (Å²) in [6, 6.07) is 93.1. The van der Waals surface area contributed by atoms with Gasteiger partial charge in [0, 0.05) is 58.5 Å². The highest BCUT2D eigenvalue weighted by atomic mass is 32.1. The van der Waals surface area contributed by atoms with Crippen molar-refractivity contribution in [2.75, 3.05) is 0 Å². The van der Waals surface area contributed by atoms with E-state index in [2.05, 4.69) is 264 Å². The first-order valence-corrected chi connectivity index (χ1v) is 26.6. The van der Waals surface area contributed by atoms with Crippen LogP contribution in [-0.2, 0) is 0 Å². The van der Waals surface area contributed by atoms with Gasteiger partial charge in [-0.2, -0.15) is 0 Å². The van der Waals surface area contributed by atoms with Gasteiger partial charge in [0.1, 0.15) is 0 Å². The number of thiophene rings is 1. The molecule has 0 spiro atoms. The Labute approximate surface area is 409 Å². The van der Waals surface area contributed by atoms with Gasteiger partial charge in [0.05, 0.1) is 33.5 Å². The Kier molecular flexibility index (Phi) is 9.37. The second-order valence-corrected chi connectivity index (χ2v) is 23.0. The normalized spacial score (nSPS) is 12.0. The fourth-order valence-corrected chi connectivity index (χ4v) is 17.2. The maximum absolute atomic E-state index is 5.60. The van der Waals surface area contributed by atoms with Gasteiger partial charge in [-0.05, 0) is 75.3 Å². The summed E-state index contributed by atoms with van der Waals surface area (Å²) in [5.41, 5.74) is 9.45. The number of rotatable bonds is 8. The van der Waals surface area contributed by atoms with E-state index in [4.69, 9.17) is 9.97 Å². The standard InChI is InChI=1S/C64H42N4SSi/c1-4-19-45(20-5-1)70(46-21-6-2-7-22-46,47-23-8-3-9-24-47)48-38-35-43(36-39-48)55-42-56(52-29-18-34-62-63(52)53-28-13-17-33-61(53)69-62)66-64(65-55)68-59-32-16-12-27-51(59)54-41-44(37-40-60(54)68)67-57-30-14-10-25-49(57)50-26-11-15-31-58(50)67/h1-42H. The average molecular weight is 927 g/mol. The van der Waals surface area contributed by atoms with Crippen LogP contribution >= 0.6 is 11.3 Å². The summed E-state index contributed by atoms with van der Waals surface area (Å²) in [6.45, 7) is 0. The highest BCUT2D eigenvalue weighted by molar-refractivity contribution is 7.26. The number of hydrogen-bond acceptors (Lipinski definition) is 3. The van der Waals surface area contributed by atoms with Gasteiger partial charge in [0.25, 0.3) is 0 Å². The predicted octanol–water partition coefficient (Wildman–Crippen LogP) is 13.8. The van der Waals surface area contributed by atoms with Crippen LogP contribution in [0.1, 0.15) is 0 Å². The van der Waals surface area contributed by atoms with E-state index in [-0.39, 0.29) is 0 Å². The van der Waals surface area contributed by atoms with Gasteiger partial charge in [-0.3, -0.25) is 4.57 Å². The molecule has 70 heavy (non-hydrogen) atoms. The lowest BCUT2D eigenvalue weighted by atomic mass is 10.0. The maximum Gasteiger partial charge on any atom is 0.235 e. The van der Waals surface area contributed by atoms with E-state index < -0.39 is 8.07 Å². The van der Waals surface area contributed by atoms with E-state index in [0.717, 1.165) is 50.0 Å². The lowest BCUT2D eigenvalue weighted by Gasteiger charge is -2.34. The summed E-state index contributed by atoms with van der Waals surface area (Å²) in [5, 5.41) is 12.6. The van der Waals surface area contributed by atoms with E-state index in [0.29, 0.717) is 5.95 Å². The molecule has 0 atom stereocenters. The van der Waals surface area contributed by atoms with Crippen molar-refractivity contribution in [3.63, 3.8) is 0 Å². The molecular weight excluding hydrogens is 885 g/mol. The number of aromatic nitrogens is 4. The SMILES string of the molecule is c1ccc([Si](c2ccccc2)(c2ccccc2)c2ccc(-c3cc(-c4cccc5sc6ccccc6c45)nc(-n4c5ccccc5c5cc(-n6c7ccccc7c7ccccc76)ccc54)n3)cc2)cc1. The van der Waals surface area contributed by atoms with E-state index in [1.54, 1.807) is 0 Å². The molecule has 0 unspecified atom stereocenters. The van der Waals surface area contributed by atoms with E-state index in [1.165, 1.54) is 62.7 Å². The molecule has 14 rings (SSSR count). The Morgan fingerprint density at radius 1 is 0.329 bits per heavy atom. The molecule has 10 aromatic carbocycles. The molecule has 0 aliphatic heterocycles. The van der Waals surface area contributed by atoms with Gasteiger partial charge in [-0.15, -0.1) is 11.3 Å². The lowest BCUT2D eigenvalue weighted by Crippen LogP contribution is -2.74. The zero-order valence-electron chi connectivity index (χ0n) is 37.9. The van der Waals surface area contributed by atoms with Crippen LogP contribution in [0.2, 0.25) is 0 Å². The van der Waals surface area contributed by atoms with Crippen LogP contribution in [0.15, 0.2) is 255 Å². The van der Waals surface area contributed by atoms with Crippen molar-refractivity contribution in [2.24, 2.45) is 0 Å². The van der Waals surface area contributed by atoms with Crippen molar-refractivity contribution >= 4 is 104 Å². The Hall–Kier alpha value is -8.68. The van der Waals surface area contributed by atoms with Crippen LogP contribution < -0.4 is 20.7 Å². The summed E-state index contributed by atoms with van der Waals surface area (Å²) in [7, 11) is -2.74. The van der Waals surface area contributed by atoms with Crippen LogP contribution in [0.5, 0.6) is 0 Å². The Bertz CT molecular complexity index is 4140. The molecule has 4 nitrogen and oxygen atoms in total. The smallest absolute Gasteiger partial charge is 0.235 e. The first-order valence-electron chi connectivity index (χ1n) is 23.8. The molecule has 0 bridgehead atoms. The number of para-hydroxylation sites is 3. The van der Waals surface area contributed by atoms with Gasteiger partial charge in [0.2, 0.25) is 5.95 Å². The molecule has 0 radical (unpaired) electrons. The zero-order valence-corrected chi connectivity index (χ0v) is 39.8. The second-order valence-electron chi connectivity index (χ2n) is 18.1. The Morgan fingerprint density at radius 2 is 0.800 bits per heavy atom. The van der Waals surface area contributed by atoms with Crippen molar-refractivity contribution in [1.29, 1.82) is 0 Å². The predicted molar refractivity (Wildman–Crippen MR) is 298 cm³/mol. The molecule has 0 amide bonds. The molecule has 4 heterocycles. The van der Waals surface area contributed by atoms with Crippen molar-refractivity contribution in [3.8, 4) is 34.2 Å². The van der Waals surface area contributed by atoms with E-state index >= 15 is 0 Å². The maximum atomic E-state index is 5.60. The van der Waals surface area contributed by atoms with Crippen LogP contribution in [0.4, 0.5) is 0 Å². The summed E-state index contributed by atoms with van der Waals surface area (Å²) in [4.78, 5) is 11.2. The molecule has 328 valence electrons. The molecular formula is C64H42N4SSi. The topological polar surface area (TPSA) is 35.6 Å². The lowest BCUT2D eigenvalue weighted by molar-refractivity contribution is 0.996. The molecule has 14 aromatic rings. The number of nitrogens with zero attached hydrogens (tertiary/aromatic N) is 4. The first kappa shape index (κ1) is 40.4. The van der Waals surface area contributed by atoms with Crippen molar-refractivity contribution in [2.45, 2.75) is 0 Å². The second kappa shape index (κ2) is 16.2. The largest absolute Gasteiger partial charge is 0.309 e. The van der Waals surface area contributed by atoms with Gasteiger partial charge in [0.15, 0.2) is 8.07 Å². The molecule has 0 fully saturated rings. The van der Waals surface area contributed by atoms with Gasteiger partial charge < -0.3 is 4.57 Å². The quantitative estimate of drug-likeness (QED) is 0.112. The third-order valence-electron chi connectivity index (χ3n) is 14.3. The summed E-state index contributed by atoms with van der Waals surface area (Å²) in [5.74, 6) is 0.630. The fourth-order valence-electron chi connectivity index (χ4n) is 11.3. The van der Waals surface area contributed by atoms with E-state index in [9.17, 15) is 0 Å². The zero-order chi connectivity index (χ0) is 46.2. The Balaban J connectivity index is 1.00. The summed E-state index contributed by atoms with van der Waals surface area (Å²) >= 11 is 1.83.